The minimum absolute atomic E-state index is 0.0417. The fourth-order valence-electron chi connectivity index (χ4n) is 1.61. The summed E-state index contributed by atoms with van der Waals surface area (Å²) in [5, 5.41) is 0.557. The predicted molar refractivity (Wildman–Crippen MR) is 83.2 cm³/mol. The largest absolute Gasteiger partial charge is 0.454 e. The molecule has 0 aliphatic rings. The lowest BCUT2D eigenvalue weighted by Crippen LogP contribution is -2.03. The van der Waals surface area contributed by atoms with E-state index in [0.717, 1.165) is 6.26 Å². The van der Waals surface area contributed by atoms with E-state index >= 15 is 0 Å². The van der Waals surface area contributed by atoms with E-state index in [1.807, 2.05) is 0 Å². The van der Waals surface area contributed by atoms with Crippen molar-refractivity contribution < 1.29 is 13.2 Å². The Kier molecular flexibility index (Phi) is 4.27. The van der Waals surface area contributed by atoms with Crippen molar-refractivity contribution in [2.45, 2.75) is 4.90 Å². The van der Waals surface area contributed by atoms with Gasteiger partial charge in [-0.15, -0.1) is 0 Å². The Bertz CT molecular complexity index is 762. The van der Waals surface area contributed by atoms with Gasteiger partial charge in [0.25, 0.3) is 0 Å². The first-order valence-corrected chi connectivity index (χ1v) is 8.57. The summed E-state index contributed by atoms with van der Waals surface area (Å²) in [6, 6.07) is 9.62. The van der Waals surface area contributed by atoms with Gasteiger partial charge in [-0.3, -0.25) is 0 Å². The maximum Gasteiger partial charge on any atom is 0.177 e. The van der Waals surface area contributed by atoms with Crippen LogP contribution in [0.3, 0.4) is 0 Å². The number of anilines is 1. The van der Waals surface area contributed by atoms with E-state index < -0.39 is 9.84 Å². The lowest BCUT2D eigenvalue weighted by atomic mass is 10.3. The van der Waals surface area contributed by atoms with Crippen LogP contribution in [-0.2, 0) is 9.84 Å². The third kappa shape index (κ3) is 3.26. The average molecular weight is 377 g/mol. The molecule has 0 amide bonds. The van der Waals surface area contributed by atoms with Gasteiger partial charge in [-0.25, -0.2) is 8.42 Å². The molecular weight excluding hydrogens is 366 g/mol. The molecule has 0 aromatic heterocycles. The van der Waals surface area contributed by atoms with Crippen molar-refractivity contribution in [1.29, 1.82) is 0 Å². The molecule has 0 fully saturated rings. The number of nitrogen functional groups attached to an aromatic ring is 1. The van der Waals surface area contributed by atoms with Crippen molar-refractivity contribution in [2.24, 2.45) is 0 Å². The van der Waals surface area contributed by atoms with Crippen molar-refractivity contribution >= 4 is 43.1 Å². The number of halogens is 2. The Morgan fingerprint density at radius 3 is 2.50 bits per heavy atom. The van der Waals surface area contributed by atoms with Crippen LogP contribution in [0.2, 0.25) is 5.02 Å². The summed E-state index contributed by atoms with van der Waals surface area (Å²) in [5.41, 5.74) is 5.93. The van der Waals surface area contributed by atoms with Crippen LogP contribution in [0.25, 0.3) is 0 Å². The molecule has 0 unspecified atom stereocenters. The number of hydrogen-bond acceptors (Lipinski definition) is 4. The van der Waals surface area contributed by atoms with Gasteiger partial charge in [-0.2, -0.15) is 0 Å². The molecule has 20 heavy (non-hydrogen) atoms. The van der Waals surface area contributed by atoms with Crippen LogP contribution in [0.5, 0.6) is 11.5 Å². The summed E-state index contributed by atoms with van der Waals surface area (Å²) in [5.74, 6) is 0.766. The fraction of sp³-hybridized carbons (Fsp3) is 0.0769. The first kappa shape index (κ1) is 15.2. The van der Waals surface area contributed by atoms with Crippen LogP contribution in [-0.4, -0.2) is 14.7 Å². The maximum atomic E-state index is 11.6. The molecule has 2 rings (SSSR count). The molecule has 0 saturated heterocycles. The number of hydrogen-bond donors (Lipinski definition) is 1. The van der Waals surface area contributed by atoms with Gasteiger partial charge in [0.2, 0.25) is 0 Å². The number of ether oxygens (including phenoxy) is 1. The first-order chi connectivity index (χ1) is 9.29. The van der Waals surface area contributed by atoms with Crippen LogP contribution >= 0.6 is 27.5 Å². The summed E-state index contributed by atoms with van der Waals surface area (Å²) < 4.78 is 29.5. The van der Waals surface area contributed by atoms with E-state index in [-0.39, 0.29) is 16.3 Å². The van der Waals surface area contributed by atoms with Gasteiger partial charge < -0.3 is 10.5 Å². The second kappa shape index (κ2) is 5.63. The van der Waals surface area contributed by atoms with E-state index in [2.05, 4.69) is 15.9 Å². The van der Waals surface area contributed by atoms with E-state index in [1.54, 1.807) is 30.3 Å². The standard InChI is InChI=1S/C13H11BrClNO3S/c1-20(17,18)12-4-2-3-11(13(12)16)19-10-6-5-8(15)7-9(10)14/h2-7H,16H2,1H3. The molecular formula is C13H11BrClNO3S. The Hall–Kier alpha value is -1.24. The average Bonchev–Trinajstić information content (AvgIpc) is 2.33. The summed E-state index contributed by atoms with van der Waals surface area (Å²) in [7, 11) is -3.40. The number of benzene rings is 2. The van der Waals surface area contributed by atoms with E-state index in [0.29, 0.717) is 15.2 Å². The van der Waals surface area contributed by atoms with Crippen molar-refractivity contribution in [1.82, 2.24) is 0 Å². The van der Waals surface area contributed by atoms with Crippen molar-refractivity contribution in [3.63, 3.8) is 0 Å². The second-order valence-corrected chi connectivity index (χ2v) is 7.39. The van der Waals surface area contributed by atoms with Crippen molar-refractivity contribution in [3.8, 4) is 11.5 Å². The lowest BCUT2D eigenvalue weighted by Gasteiger charge is -2.12. The highest BCUT2D eigenvalue weighted by Crippen LogP contribution is 2.36. The zero-order valence-corrected chi connectivity index (χ0v) is 13.6. The van der Waals surface area contributed by atoms with Gasteiger partial charge in [-0.1, -0.05) is 17.7 Å². The number of nitrogens with two attached hydrogens (primary N) is 1. The molecule has 106 valence electrons. The van der Waals surface area contributed by atoms with E-state index in [1.165, 1.54) is 6.07 Å². The summed E-state index contributed by atoms with van der Waals surface area (Å²) in [6.45, 7) is 0. The zero-order chi connectivity index (χ0) is 14.9. The molecule has 0 heterocycles. The SMILES string of the molecule is CS(=O)(=O)c1cccc(Oc2ccc(Cl)cc2Br)c1N. The summed E-state index contributed by atoms with van der Waals surface area (Å²) >= 11 is 9.17. The highest BCUT2D eigenvalue weighted by molar-refractivity contribution is 9.10. The van der Waals surface area contributed by atoms with Crippen LogP contribution in [0.4, 0.5) is 5.69 Å². The van der Waals surface area contributed by atoms with Gasteiger partial charge in [0.15, 0.2) is 15.6 Å². The highest BCUT2D eigenvalue weighted by Gasteiger charge is 2.16. The minimum atomic E-state index is -3.40. The molecule has 0 spiro atoms. The van der Waals surface area contributed by atoms with Crippen LogP contribution in [0.15, 0.2) is 45.8 Å². The molecule has 2 aromatic rings. The molecule has 0 aliphatic carbocycles. The Morgan fingerprint density at radius 2 is 1.90 bits per heavy atom. The molecule has 0 aliphatic heterocycles. The van der Waals surface area contributed by atoms with Crippen molar-refractivity contribution in [2.75, 3.05) is 12.0 Å². The monoisotopic (exact) mass is 375 g/mol. The molecule has 2 N–H and O–H groups in total. The van der Waals surface area contributed by atoms with E-state index in [9.17, 15) is 8.42 Å². The van der Waals surface area contributed by atoms with Gasteiger partial charge in [0.1, 0.15) is 5.75 Å². The van der Waals surface area contributed by atoms with Crippen LogP contribution < -0.4 is 10.5 Å². The Balaban J connectivity index is 2.45. The van der Waals surface area contributed by atoms with Gasteiger partial charge in [-0.05, 0) is 46.3 Å². The first-order valence-electron chi connectivity index (χ1n) is 5.50. The molecule has 2 aromatic carbocycles. The highest BCUT2D eigenvalue weighted by atomic mass is 79.9. The van der Waals surface area contributed by atoms with Crippen LogP contribution in [0.1, 0.15) is 0 Å². The molecule has 0 radical (unpaired) electrons. The third-order valence-corrected chi connectivity index (χ3v) is 4.55. The Morgan fingerprint density at radius 1 is 1.20 bits per heavy atom. The molecule has 4 nitrogen and oxygen atoms in total. The molecule has 0 atom stereocenters. The van der Waals surface area contributed by atoms with E-state index in [4.69, 9.17) is 22.1 Å². The smallest absolute Gasteiger partial charge is 0.177 e. The summed E-state index contributed by atoms with van der Waals surface area (Å²) in [6.07, 6.45) is 1.10. The maximum absolute atomic E-state index is 11.6. The minimum Gasteiger partial charge on any atom is -0.454 e. The topological polar surface area (TPSA) is 69.4 Å². The summed E-state index contributed by atoms with van der Waals surface area (Å²) in [4.78, 5) is 0.0417. The molecule has 0 bridgehead atoms. The van der Waals surface area contributed by atoms with Gasteiger partial charge in [0.05, 0.1) is 15.1 Å². The predicted octanol–water partition coefficient (Wildman–Crippen LogP) is 3.88. The van der Waals surface area contributed by atoms with Gasteiger partial charge in [0, 0.05) is 11.3 Å². The third-order valence-electron chi connectivity index (χ3n) is 2.54. The number of rotatable bonds is 3. The van der Waals surface area contributed by atoms with Gasteiger partial charge >= 0.3 is 0 Å². The normalized spacial score (nSPS) is 11.3. The Labute approximate surface area is 130 Å². The zero-order valence-electron chi connectivity index (χ0n) is 10.4. The number of sulfone groups is 1. The van der Waals surface area contributed by atoms with Crippen molar-refractivity contribution in [3.05, 3.63) is 45.9 Å². The fourth-order valence-corrected chi connectivity index (χ4v) is 3.20. The quantitative estimate of drug-likeness (QED) is 0.825. The number of para-hydroxylation sites is 1. The molecule has 7 heteroatoms. The van der Waals surface area contributed by atoms with Crippen LogP contribution in [0, 0.1) is 0 Å². The molecule has 0 saturated carbocycles. The second-order valence-electron chi connectivity index (χ2n) is 4.12. The lowest BCUT2D eigenvalue weighted by molar-refractivity contribution is 0.480.